The molecule has 3 fully saturated rings. The molecule has 3 saturated heterocycles. The van der Waals surface area contributed by atoms with E-state index in [0.717, 1.165) is 55.7 Å². The molecule has 252 valence electrons. The molecule has 3 aliphatic heterocycles. The van der Waals surface area contributed by atoms with Crippen molar-refractivity contribution in [1.29, 1.82) is 0 Å². The average Bonchev–Trinajstić information content (AvgIpc) is 3.51. The SMILES string of the molecule is CCc1cc(C[C@@H](OC(=O)N2CCC(n3nc(-c4ccccc4)[nH]c3=O)CC2)C(=O)N2CCN(C3CCNCC3)CC2)cc(Cl)c1N. The number of nitrogen functional groups attached to an aromatic ring is 1. The molecule has 4 N–H and O–H groups in total. The number of H-pyrrole nitrogens is 1. The first-order valence-electron chi connectivity index (χ1n) is 16.8. The molecule has 0 unspecified atom stereocenters. The topological polar surface area (TPSA) is 142 Å². The van der Waals surface area contributed by atoms with Crippen molar-refractivity contribution >= 4 is 29.3 Å². The molecule has 13 heteroatoms. The molecule has 4 heterocycles. The third kappa shape index (κ3) is 7.66. The Morgan fingerprint density at radius 2 is 1.68 bits per heavy atom. The third-order valence-corrected chi connectivity index (χ3v) is 10.1. The fourth-order valence-corrected chi connectivity index (χ4v) is 7.28. The van der Waals surface area contributed by atoms with E-state index in [9.17, 15) is 14.4 Å². The van der Waals surface area contributed by atoms with Gasteiger partial charge in [-0.05, 0) is 62.4 Å². The number of carbonyl (C=O) groups is 2. The number of rotatable bonds is 8. The van der Waals surface area contributed by atoms with E-state index < -0.39 is 12.2 Å². The summed E-state index contributed by atoms with van der Waals surface area (Å²) in [6, 6.07) is 13.6. The van der Waals surface area contributed by atoms with Crippen LogP contribution in [0.3, 0.4) is 0 Å². The van der Waals surface area contributed by atoms with E-state index in [2.05, 4.69) is 20.3 Å². The van der Waals surface area contributed by atoms with Crippen LogP contribution < -0.4 is 16.7 Å². The van der Waals surface area contributed by atoms with E-state index in [4.69, 9.17) is 22.1 Å². The molecule has 2 amide bonds. The fraction of sp³-hybridized carbons (Fsp3) is 0.529. The van der Waals surface area contributed by atoms with Gasteiger partial charge in [-0.15, -0.1) is 5.10 Å². The first kappa shape index (κ1) is 33.0. The van der Waals surface area contributed by atoms with Gasteiger partial charge in [-0.25, -0.2) is 14.3 Å². The zero-order chi connectivity index (χ0) is 32.9. The fourth-order valence-electron chi connectivity index (χ4n) is 7.02. The Kier molecular flexibility index (Phi) is 10.5. The Morgan fingerprint density at radius 3 is 2.36 bits per heavy atom. The minimum Gasteiger partial charge on any atom is -0.436 e. The highest BCUT2D eigenvalue weighted by Crippen LogP contribution is 2.28. The summed E-state index contributed by atoms with van der Waals surface area (Å²) >= 11 is 6.46. The molecular weight excluding hydrogens is 620 g/mol. The van der Waals surface area contributed by atoms with Crippen molar-refractivity contribution in [1.82, 2.24) is 34.8 Å². The molecule has 0 spiro atoms. The smallest absolute Gasteiger partial charge is 0.410 e. The van der Waals surface area contributed by atoms with Crippen molar-refractivity contribution in [2.24, 2.45) is 0 Å². The Bertz CT molecular complexity index is 1590. The number of carbonyl (C=O) groups excluding carboxylic acids is 2. The zero-order valence-corrected chi connectivity index (χ0v) is 27.8. The molecule has 6 rings (SSSR count). The minimum absolute atomic E-state index is 0.154. The molecule has 3 aliphatic rings. The van der Waals surface area contributed by atoms with Gasteiger partial charge in [0.15, 0.2) is 11.9 Å². The van der Waals surface area contributed by atoms with Gasteiger partial charge in [0.1, 0.15) is 0 Å². The molecule has 0 aliphatic carbocycles. The molecule has 0 bridgehead atoms. The Hall–Kier alpha value is -3.87. The number of benzene rings is 2. The van der Waals surface area contributed by atoms with Crippen LogP contribution >= 0.6 is 11.6 Å². The molecular formula is C34H45ClN8O4. The van der Waals surface area contributed by atoms with E-state index in [1.54, 1.807) is 11.0 Å². The summed E-state index contributed by atoms with van der Waals surface area (Å²) in [6.07, 6.45) is 2.67. The van der Waals surface area contributed by atoms with Crippen molar-refractivity contribution in [2.45, 2.75) is 63.6 Å². The van der Waals surface area contributed by atoms with Crippen LogP contribution in [-0.4, -0.2) is 106 Å². The van der Waals surface area contributed by atoms with E-state index in [-0.39, 0.29) is 24.1 Å². The number of aryl methyl sites for hydroxylation is 1. The van der Waals surface area contributed by atoms with Crippen molar-refractivity contribution < 1.29 is 14.3 Å². The van der Waals surface area contributed by atoms with Gasteiger partial charge in [-0.2, -0.15) is 0 Å². The summed E-state index contributed by atoms with van der Waals surface area (Å²) in [5.41, 5.74) is 8.96. The van der Waals surface area contributed by atoms with E-state index in [1.165, 1.54) is 4.68 Å². The second-order valence-corrected chi connectivity index (χ2v) is 13.1. The maximum atomic E-state index is 14.0. The lowest BCUT2D eigenvalue weighted by Crippen LogP contribution is -2.56. The first-order valence-corrected chi connectivity index (χ1v) is 17.2. The zero-order valence-electron chi connectivity index (χ0n) is 27.0. The number of likely N-dealkylation sites (tertiary alicyclic amines) is 1. The van der Waals surface area contributed by atoms with E-state index >= 15 is 0 Å². The third-order valence-electron chi connectivity index (χ3n) is 9.80. The summed E-state index contributed by atoms with van der Waals surface area (Å²) in [5, 5.41) is 8.39. The van der Waals surface area contributed by atoms with Crippen LogP contribution in [0.4, 0.5) is 10.5 Å². The standard InChI is InChI=1S/C34H45ClN8O4/c1-2-24-20-23(21-28(35)30(24)36)22-29(32(44)41-18-16-40(17-19-41)26-8-12-37-13-9-26)47-34(46)42-14-10-27(11-15-42)43-33(45)38-31(39-43)25-6-4-3-5-7-25/h3-7,20-21,26-27,29,37H,2,8-19,22,36H2,1H3,(H,38,39,45)/t29-/m1/s1. The number of piperazine rings is 1. The predicted molar refractivity (Wildman–Crippen MR) is 181 cm³/mol. The van der Waals surface area contributed by atoms with Gasteiger partial charge >= 0.3 is 11.8 Å². The number of nitrogens with zero attached hydrogens (tertiary/aromatic N) is 5. The monoisotopic (exact) mass is 664 g/mol. The molecule has 0 saturated carbocycles. The number of aromatic nitrogens is 3. The van der Waals surface area contributed by atoms with Gasteiger partial charge < -0.3 is 25.6 Å². The number of hydrogen-bond acceptors (Lipinski definition) is 8. The summed E-state index contributed by atoms with van der Waals surface area (Å²) in [5.74, 6) is 0.324. The highest BCUT2D eigenvalue weighted by atomic mass is 35.5. The maximum absolute atomic E-state index is 14.0. The Balaban J connectivity index is 1.12. The van der Waals surface area contributed by atoms with Gasteiger partial charge in [0.2, 0.25) is 0 Å². The van der Waals surface area contributed by atoms with Crippen molar-refractivity contribution in [3.8, 4) is 11.4 Å². The van der Waals surface area contributed by atoms with Gasteiger partial charge in [0.05, 0.1) is 16.8 Å². The first-order chi connectivity index (χ1) is 22.8. The number of hydrogen-bond donors (Lipinski definition) is 3. The van der Waals surface area contributed by atoms with Crippen LogP contribution in [0.25, 0.3) is 11.4 Å². The number of aromatic amines is 1. The van der Waals surface area contributed by atoms with Gasteiger partial charge in [-0.1, -0.05) is 54.9 Å². The number of anilines is 1. The van der Waals surface area contributed by atoms with Gasteiger partial charge in [-0.3, -0.25) is 14.7 Å². The quantitative estimate of drug-likeness (QED) is 0.312. The van der Waals surface area contributed by atoms with Crippen molar-refractivity contribution in [2.75, 3.05) is 58.1 Å². The molecule has 1 atom stereocenters. The summed E-state index contributed by atoms with van der Waals surface area (Å²) in [7, 11) is 0. The summed E-state index contributed by atoms with van der Waals surface area (Å²) in [4.78, 5) is 49.1. The number of amides is 2. The average molecular weight is 665 g/mol. The van der Waals surface area contributed by atoms with Crippen LogP contribution in [0.1, 0.15) is 49.8 Å². The number of piperidine rings is 2. The van der Waals surface area contributed by atoms with Crippen LogP contribution in [0.15, 0.2) is 47.3 Å². The number of ether oxygens (including phenoxy) is 1. The largest absolute Gasteiger partial charge is 0.436 e. The second-order valence-electron chi connectivity index (χ2n) is 12.7. The van der Waals surface area contributed by atoms with E-state index in [1.807, 2.05) is 48.2 Å². The molecule has 3 aromatic rings. The molecule has 1 aromatic heterocycles. The number of nitrogens with one attached hydrogen (secondary N) is 2. The normalized spacial score (nSPS) is 19.1. The molecule has 12 nitrogen and oxygen atoms in total. The van der Waals surface area contributed by atoms with Crippen LogP contribution in [0, 0.1) is 0 Å². The summed E-state index contributed by atoms with van der Waals surface area (Å²) < 4.78 is 7.51. The highest BCUT2D eigenvalue weighted by molar-refractivity contribution is 6.33. The lowest BCUT2D eigenvalue weighted by molar-refractivity contribution is -0.143. The Morgan fingerprint density at radius 1 is 0.979 bits per heavy atom. The van der Waals surface area contributed by atoms with Crippen LogP contribution in [0.5, 0.6) is 0 Å². The maximum Gasteiger partial charge on any atom is 0.410 e. The second kappa shape index (κ2) is 14.9. The number of nitrogens with two attached hydrogens (primary N) is 1. The van der Waals surface area contributed by atoms with Crippen LogP contribution in [-0.2, 0) is 22.4 Å². The van der Waals surface area contributed by atoms with Gasteiger partial charge in [0, 0.05) is 57.3 Å². The van der Waals surface area contributed by atoms with Crippen molar-refractivity contribution in [3.05, 3.63) is 69.1 Å². The lowest BCUT2D eigenvalue weighted by Gasteiger charge is -2.41. The van der Waals surface area contributed by atoms with Crippen molar-refractivity contribution in [3.63, 3.8) is 0 Å². The molecule has 0 radical (unpaired) electrons. The van der Waals surface area contributed by atoms with E-state index in [0.29, 0.717) is 68.0 Å². The summed E-state index contributed by atoms with van der Waals surface area (Å²) in [6.45, 7) is 7.60. The molecule has 47 heavy (non-hydrogen) atoms. The Labute approximate surface area is 280 Å². The lowest BCUT2D eigenvalue weighted by atomic mass is 10.0. The molecule has 2 aromatic carbocycles. The highest BCUT2D eigenvalue weighted by Gasteiger charge is 2.35. The number of halogens is 1. The minimum atomic E-state index is -1.00. The van der Waals surface area contributed by atoms with Gasteiger partial charge in [0.25, 0.3) is 5.91 Å². The van der Waals surface area contributed by atoms with Crippen LogP contribution in [0.2, 0.25) is 5.02 Å². The predicted octanol–water partition coefficient (Wildman–Crippen LogP) is 3.32.